The number of amides is 1. The molecule has 0 atom stereocenters. The number of carbonyl (C=O) groups excluding carboxylic acids is 1. The number of hydrogen-bond acceptors (Lipinski definition) is 4. The van der Waals surface area contributed by atoms with Crippen molar-refractivity contribution in [1.29, 1.82) is 0 Å². The quantitative estimate of drug-likeness (QED) is 0.577. The maximum absolute atomic E-state index is 13.5. The van der Waals surface area contributed by atoms with E-state index < -0.39 is 6.67 Å². The summed E-state index contributed by atoms with van der Waals surface area (Å²) in [5, 5.41) is 3.78. The second-order valence-electron chi connectivity index (χ2n) is 10.2. The lowest BCUT2D eigenvalue weighted by Gasteiger charge is -2.56. The second kappa shape index (κ2) is 9.09. The van der Waals surface area contributed by atoms with Crippen molar-refractivity contribution in [3.63, 3.8) is 0 Å². The van der Waals surface area contributed by atoms with Gasteiger partial charge in [-0.15, -0.1) is 0 Å². The van der Waals surface area contributed by atoms with Crippen LogP contribution in [0.25, 0.3) is 10.9 Å². The van der Waals surface area contributed by atoms with Gasteiger partial charge in [0.2, 0.25) is 5.43 Å². The molecule has 4 aliphatic rings. The topological polar surface area (TPSA) is 69.6 Å². The molecule has 1 aromatic carbocycles. The molecule has 4 saturated carbocycles. The van der Waals surface area contributed by atoms with Gasteiger partial charge in [0.05, 0.1) is 31.3 Å². The zero-order chi connectivity index (χ0) is 23.0. The summed E-state index contributed by atoms with van der Waals surface area (Å²) < 4.78 is 25.3. The van der Waals surface area contributed by atoms with E-state index in [1.807, 2.05) is 4.57 Å². The minimum atomic E-state index is -0.413. The van der Waals surface area contributed by atoms with Crippen molar-refractivity contribution in [2.45, 2.75) is 57.0 Å². The van der Waals surface area contributed by atoms with Crippen molar-refractivity contribution in [1.82, 2.24) is 9.88 Å². The highest BCUT2D eigenvalue weighted by Crippen LogP contribution is 2.55. The van der Waals surface area contributed by atoms with Crippen LogP contribution in [-0.2, 0) is 11.3 Å². The number of benzene rings is 1. The van der Waals surface area contributed by atoms with Crippen LogP contribution in [0.1, 0.15) is 55.3 Å². The van der Waals surface area contributed by atoms with Crippen LogP contribution in [0.3, 0.4) is 0 Å². The Labute approximate surface area is 193 Å². The van der Waals surface area contributed by atoms with Crippen LogP contribution in [0, 0.1) is 17.8 Å². The molecule has 0 unspecified atom stereocenters. The summed E-state index contributed by atoms with van der Waals surface area (Å²) in [4.78, 5) is 26.9. The Bertz CT molecular complexity index is 1060. The number of pyridine rings is 1. The molecule has 2 aromatic rings. The van der Waals surface area contributed by atoms with Gasteiger partial charge < -0.3 is 19.4 Å². The molecule has 178 valence electrons. The number of fused-ring (bicyclic) bond motifs is 1. The van der Waals surface area contributed by atoms with Gasteiger partial charge in [-0.25, -0.2) is 0 Å². The highest BCUT2D eigenvalue weighted by Gasteiger charge is 2.51. The van der Waals surface area contributed by atoms with E-state index in [1.165, 1.54) is 19.3 Å². The number of methoxy groups -OCH3 is 1. The van der Waals surface area contributed by atoms with Crippen molar-refractivity contribution < 1.29 is 18.7 Å². The minimum absolute atomic E-state index is 0.162. The van der Waals surface area contributed by atoms with Gasteiger partial charge in [0, 0.05) is 24.9 Å². The molecule has 0 spiro atoms. The van der Waals surface area contributed by atoms with Crippen LogP contribution in [0.5, 0.6) is 5.75 Å². The van der Waals surface area contributed by atoms with Crippen LogP contribution in [0.15, 0.2) is 29.2 Å². The fraction of sp³-hybridized carbons (Fsp3) is 0.615. The predicted molar refractivity (Wildman–Crippen MR) is 125 cm³/mol. The molecule has 1 heterocycles. The molecule has 4 bridgehead atoms. The second-order valence-corrected chi connectivity index (χ2v) is 10.2. The largest absolute Gasteiger partial charge is 0.495 e. The summed E-state index contributed by atoms with van der Waals surface area (Å²) in [7, 11) is 1.56. The van der Waals surface area contributed by atoms with Gasteiger partial charge in [0.25, 0.3) is 5.91 Å². The number of alkyl halides is 1. The molecule has 6 rings (SSSR count). The number of carbonyl (C=O) groups is 1. The maximum atomic E-state index is 13.5. The smallest absolute Gasteiger partial charge is 0.257 e. The Morgan fingerprint density at radius 2 is 1.85 bits per heavy atom. The van der Waals surface area contributed by atoms with E-state index in [0.29, 0.717) is 60.6 Å². The molecule has 0 aliphatic heterocycles. The first-order valence-corrected chi connectivity index (χ1v) is 12.2. The normalized spacial score (nSPS) is 27.8. The monoisotopic (exact) mass is 456 g/mol. The summed E-state index contributed by atoms with van der Waals surface area (Å²) >= 11 is 0. The lowest BCUT2D eigenvalue weighted by atomic mass is 9.53. The number of ether oxygens (including phenoxy) is 2. The number of aromatic nitrogens is 1. The van der Waals surface area contributed by atoms with Gasteiger partial charge in [-0.05, 0) is 74.8 Å². The predicted octanol–water partition coefficient (Wildman–Crippen LogP) is 4.08. The van der Waals surface area contributed by atoms with Crippen LogP contribution in [0.4, 0.5) is 4.39 Å². The number of halogens is 1. The number of para-hydroxylation sites is 1. The zero-order valence-corrected chi connectivity index (χ0v) is 19.3. The van der Waals surface area contributed by atoms with Crippen molar-refractivity contribution in [2.24, 2.45) is 17.8 Å². The lowest BCUT2D eigenvalue weighted by Crippen LogP contribution is -2.60. The van der Waals surface area contributed by atoms with Crippen LogP contribution < -0.4 is 15.5 Å². The molecule has 33 heavy (non-hydrogen) atoms. The number of rotatable bonds is 9. The molecule has 1 amide bonds. The Kier molecular flexibility index (Phi) is 6.16. The van der Waals surface area contributed by atoms with Crippen LogP contribution >= 0.6 is 0 Å². The van der Waals surface area contributed by atoms with Crippen LogP contribution in [0.2, 0.25) is 0 Å². The van der Waals surface area contributed by atoms with Crippen molar-refractivity contribution in [3.05, 3.63) is 40.2 Å². The van der Waals surface area contributed by atoms with Gasteiger partial charge in [0.15, 0.2) is 0 Å². The summed E-state index contributed by atoms with van der Waals surface area (Å²) in [5.74, 6) is 2.40. The van der Waals surface area contributed by atoms with E-state index in [2.05, 4.69) is 5.32 Å². The average molecular weight is 457 g/mol. The van der Waals surface area contributed by atoms with E-state index in [9.17, 15) is 14.0 Å². The van der Waals surface area contributed by atoms with Crippen molar-refractivity contribution >= 4 is 16.8 Å². The van der Waals surface area contributed by atoms with E-state index >= 15 is 0 Å². The highest BCUT2D eigenvalue weighted by molar-refractivity contribution is 5.98. The fourth-order valence-electron chi connectivity index (χ4n) is 6.92. The third-order valence-electron chi connectivity index (χ3n) is 7.84. The molecular formula is C26H33FN2O4. The summed E-state index contributed by atoms with van der Waals surface area (Å²) in [5.41, 5.74) is 0.364. The Balaban J connectivity index is 1.45. The van der Waals surface area contributed by atoms with E-state index in [-0.39, 0.29) is 22.4 Å². The van der Waals surface area contributed by atoms with Crippen molar-refractivity contribution in [2.75, 3.05) is 27.0 Å². The van der Waals surface area contributed by atoms with Crippen molar-refractivity contribution in [3.8, 4) is 5.75 Å². The number of nitrogens with one attached hydrogen (secondary N) is 1. The molecule has 1 N–H and O–H groups in total. The SMILES string of the molecule is COc1cccc2c(=O)c(C(=O)NC34CC5CC(CC(C5)C3)C4)cn(CCOCCCF)c12. The Morgan fingerprint density at radius 1 is 1.15 bits per heavy atom. The molecule has 7 heteroatoms. The first kappa shape index (κ1) is 22.4. The van der Waals surface area contributed by atoms with E-state index in [1.54, 1.807) is 31.5 Å². The maximum Gasteiger partial charge on any atom is 0.257 e. The lowest BCUT2D eigenvalue weighted by molar-refractivity contribution is -0.0167. The van der Waals surface area contributed by atoms with Gasteiger partial charge in [-0.1, -0.05) is 6.07 Å². The third kappa shape index (κ3) is 4.27. The standard InChI is InChI=1S/C26H33FN2O4/c1-32-22-5-2-4-20-23(22)29(7-9-33-8-3-6-27)16-21(24(20)30)25(31)28-26-13-17-10-18(14-26)12-19(11-17)15-26/h2,4-5,16-19H,3,6-15H2,1H3,(H,28,31). The number of hydrogen-bond donors (Lipinski definition) is 1. The summed E-state index contributed by atoms with van der Waals surface area (Å²) in [6.07, 6.45) is 8.96. The van der Waals surface area contributed by atoms with E-state index in [0.717, 1.165) is 19.3 Å². The first-order chi connectivity index (χ1) is 16.0. The summed E-state index contributed by atoms with van der Waals surface area (Å²) in [6.45, 7) is 0.710. The molecule has 0 radical (unpaired) electrons. The minimum Gasteiger partial charge on any atom is -0.495 e. The molecule has 0 saturated heterocycles. The van der Waals surface area contributed by atoms with Gasteiger partial charge >= 0.3 is 0 Å². The highest BCUT2D eigenvalue weighted by atomic mass is 19.1. The fourth-order valence-corrected chi connectivity index (χ4v) is 6.92. The van der Waals surface area contributed by atoms with Gasteiger partial charge in [-0.3, -0.25) is 14.0 Å². The van der Waals surface area contributed by atoms with E-state index in [4.69, 9.17) is 9.47 Å². The third-order valence-corrected chi connectivity index (χ3v) is 7.84. The van der Waals surface area contributed by atoms with Gasteiger partial charge in [-0.2, -0.15) is 0 Å². The zero-order valence-electron chi connectivity index (χ0n) is 19.3. The molecule has 6 nitrogen and oxygen atoms in total. The number of nitrogens with zero attached hydrogens (tertiary/aromatic N) is 1. The molecule has 4 fully saturated rings. The summed E-state index contributed by atoms with van der Waals surface area (Å²) in [6, 6.07) is 5.31. The van der Waals surface area contributed by atoms with Gasteiger partial charge in [0.1, 0.15) is 11.3 Å². The molecular weight excluding hydrogens is 423 g/mol. The molecule has 1 aromatic heterocycles. The van der Waals surface area contributed by atoms with Crippen LogP contribution in [-0.4, -0.2) is 43.0 Å². The molecule has 4 aliphatic carbocycles. The average Bonchev–Trinajstić information content (AvgIpc) is 2.78. The Morgan fingerprint density at radius 3 is 2.48 bits per heavy atom. The Hall–Kier alpha value is -2.41. The first-order valence-electron chi connectivity index (χ1n) is 12.2.